The summed E-state index contributed by atoms with van der Waals surface area (Å²) >= 11 is 0. The van der Waals surface area contributed by atoms with Gasteiger partial charge in [0.05, 0.1) is 18.4 Å². The summed E-state index contributed by atoms with van der Waals surface area (Å²) in [6.45, 7) is 0.0489. The van der Waals surface area contributed by atoms with Gasteiger partial charge in [0.15, 0.2) is 6.29 Å². The van der Waals surface area contributed by atoms with Crippen LogP contribution in [0.2, 0.25) is 0 Å². The van der Waals surface area contributed by atoms with Crippen molar-refractivity contribution in [3.05, 3.63) is 59.4 Å². The Labute approximate surface area is 127 Å². The van der Waals surface area contributed by atoms with E-state index in [9.17, 15) is 17.6 Å². The van der Waals surface area contributed by atoms with Crippen molar-refractivity contribution in [2.75, 3.05) is 6.26 Å². The molecule has 0 fully saturated rings. The molecule has 0 amide bonds. The zero-order valence-corrected chi connectivity index (χ0v) is 12.6. The summed E-state index contributed by atoms with van der Waals surface area (Å²) in [5.74, 6) is -0.111. The number of carbonyl (C=O) groups excluding carboxylic acids is 1. The highest BCUT2D eigenvalue weighted by atomic mass is 32.2. The van der Waals surface area contributed by atoms with E-state index in [1.54, 1.807) is 0 Å². The van der Waals surface area contributed by atoms with E-state index in [-0.39, 0.29) is 24.7 Å². The Morgan fingerprint density at radius 2 is 1.73 bits per heavy atom. The van der Waals surface area contributed by atoms with Gasteiger partial charge < -0.3 is 0 Å². The first-order valence-electron chi connectivity index (χ1n) is 6.34. The van der Waals surface area contributed by atoms with Gasteiger partial charge in [0.2, 0.25) is 10.0 Å². The molecule has 0 radical (unpaired) electrons. The van der Waals surface area contributed by atoms with E-state index >= 15 is 0 Å². The molecular weight excluding hydrogens is 309 g/mol. The SMILES string of the molecule is CS(=O)(=O)N(Cc1ccc(F)cc1)Cc1ncc(C=O)cn1. The average molecular weight is 323 g/mol. The van der Waals surface area contributed by atoms with Gasteiger partial charge in [0, 0.05) is 18.9 Å². The molecule has 0 unspecified atom stereocenters. The summed E-state index contributed by atoms with van der Waals surface area (Å²) in [5.41, 5.74) is 0.963. The Kier molecular flexibility index (Phi) is 4.94. The molecule has 2 rings (SSSR count). The van der Waals surface area contributed by atoms with Gasteiger partial charge in [0.25, 0.3) is 0 Å². The summed E-state index contributed by atoms with van der Waals surface area (Å²) < 4.78 is 37.8. The molecule has 0 saturated carbocycles. The standard InChI is InChI=1S/C14H14FN3O3S/c1-22(20,21)18(8-11-2-4-13(15)5-3-11)9-14-16-6-12(10-19)7-17-14/h2-7,10H,8-9H2,1H3. The van der Waals surface area contributed by atoms with Crippen LogP contribution in [-0.4, -0.2) is 35.2 Å². The van der Waals surface area contributed by atoms with Crippen LogP contribution >= 0.6 is 0 Å². The predicted octanol–water partition coefficient (Wildman–Crippen LogP) is 1.39. The number of hydrogen-bond donors (Lipinski definition) is 0. The predicted molar refractivity (Wildman–Crippen MR) is 77.9 cm³/mol. The fourth-order valence-electron chi connectivity index (χ4n) is 1.75. The summed E-state index contributed by atoms with van der Waals surface area (Å²) in [6.07, 6.45) is 4.34. The second-order valence-corrected chi connectivity index (χ2v) is 6.69. The van der Waals surface area contributed by atoms with E-state index in [0.29, 0.717) is 17.4 Å². The van der Waals surface area contributed by atoms with Gasteiger partial charge in [-0.15, -0.1) is 0 Å². The van der Waals surface area contributed by atoms with Gasteiger partial charge >= 0.3 is 0 Å². The molecule has 0 aliphatic heterocycles. The number of halogens is 1. The second kappa shape index (κ2) is 6.71. The van der Waals surface area contributed by atoms with Crippen molar-refractivity contribution in [3.63, 3.8) is 0 Å². The Bertz CT molecular complexity index is 746. The number of benzene rings is 1. The molecule has 8 heteroatoms. The second-order valence-electron chi connectivity index (χ2n) is 4.71. The molecule has 1 aromatic carbocycles. The Morgan fingerprint density at radius 3 is 2.23 bits per heavy atom. The minimum absolute atomic E-state index is 0.0324. The monoisotopic (exact) mass is 323 g/mol. The summed E-state index contributed by atoms with van der Waals surface area (Å²) in [4.78, 5) is 18.5. The first-order chi connectivity index (χ1) is 10.4. The number of nitrogens with zero attached hydrogens (tertiary/aromatic N) is 3. The van der Waals surface area contributed by atoms with Crippen LogP contribution in [0.15, 0.2) is 36.7 Å². The van der Waals surface area contributed by atoms with Crippen LogP contribution < -0.4 is 0 Å². The van der Waals surface area contributed by atoms with Crippen molar-refractivity contribution in [1.29, 1.82) is 0 Å². The Balaban J connectivity index is 2.19. The molecule has 0 aliphatic carbocycles. The van der Waals surface area contributed by atoms with Crippen LogP contribution in [0.25, 0.3) is 0 Å². The molecule has 0 bridgehead atoms. The molecule has 0 N–H and O–H groups in total. The molecule has 0 aliphatic rings. The number of rotatable bonds is 6. The zero-order valence-electron chi connectivity index (χ0n) is 11.8. The van der Waals surface area contributed by atoms with Crippen molar-refractivity contribution >= 4 is 16.3 Å². The summed E-state index contributed by atoms with van der Waals surface area (Å²) in [5, 5.41) is 0. The third-order valence-corrected chi connectivity index (χ3v) is 4.12. The van der Waals surface area contributed by atoms with Crippen LogP contribution in [0.3, 0.4) is 0 Å². The van der Waals surface area contributed by atoms with E-state index in [1.165, 1.54) is 41.0 Å². The normalized spacial score (nSPS) is 11.6. The van der Waals surface area contributed by atoms with E-state index in [4.69, 9.17) is 0 Å². The number of carbonyl (C=O) groups is 1. The van der Waals surface area contributed by atoms with E-state index in [1.807, 2.05) is 0 Å². The topological polar surface area (TPSA) is 80.2 Å². The number of hydrogen-bond acceptors (Lipinski definition) is 5. The van der Waals surface area contributed by atoms with E-state index in [2.05, 4.69) is 9.97 Å². The largest absolute Gasteiger partial charge is 0.298 e. The third kappa shape index (κ3) is 4.40. The Hall–Kier alpha value is -2.19. The Morgan fingerprint density at radius 1 is 1.14 bits per heavy atom. The van der Waals surface area contributed by atoms with Crippen molar-refractivity contribution < 1.29 is 17.6 Å². The van der Waals surface area contributed by atoms with Crippen molar-refractivity contribution in [2.24, 2.45) is 0 Å². The van der Waals surface area contributed by atoms with Gasteiger partial charge in [-0.3, -0.25) is 4.79 Å². The minimum atomic E-state index is -3.50. The number of aromatic nitrogens is 2. The number of aldehydes is 1. The highest BCUT2D eigenvalue weighted by molar-refractivity contribution is 7.88. The highest BCUT2D eigenvalue weighted by Crippen LogP contribution is 2.12. The molecule has 6 nitrogen and oxygen atoms in total. The molecular formula is C14H14FN3O3S. The fourth-order valence-corrected chi connectivity index (χ4v) is 2.48. The lowest BCUT2D eigenvalue weighted by molar-refractivity contribution is 0.112. The van der Waals surface area contributed by atoms with Gasteiger partial charge in [0.1, 0.15) is 11.6 Å². The van der Waals surface area contributed by atoms with Gasteiger partial charge in [-0.25, -0.2) is 22.8 Å². The molecule has 0 saturated heterocycles. The minimum Gasteiger partial charge on any atom is -0.298 e. The van der Waals surface area contributed by atoms with Crippen molar-refractivity contribution in [1.82, 2.24) is 14.3 Å². The van der Waals surface area contributed by atoms with Gasteiger partial charge in [-0.05, 0) is 17.7 Å². The molecule has 116 valence electrons. The molecule has 0 atom stereocenters. The van der Waals surface area contributed by atoms with Crippen LogP contribution in [0.4, 0.5) is 4.39 Å². The first-order valence-corrected chi connectivity index (χ1v) is 8.19. The maximum Gasteiger partial charge on any atom is 0.211 e. The quantitative estimate of drug-likeness (QED) is 0.751. The molecule has 1 heterocycles. The van der Waals surface area contributed by atoms with Crippen LogP contribution in [0.1, 0.15) is 21.7 Å². The molecule has 0 spiro atoms. The van der Waals surface area contributed by atoms with Crippen LogP contribution in [0, 0.1) is 5.82 Å². The number of sulfonamides is 1. The summed E-state index contributed by atoms with van der Waals surface area (Å²) in [6, 6.07) is 5.57. The molecule has 2 aromatic rings. The van der Waals surface area contributed by atoms with Crippen molar-refractivity contribution in [3.8, 4) is 0 Å². The average Bonchev–Trinajstić information content (AvgIpc) is 2.48. The maximum absolute atomic E-state index is 12.9. The maximum atomic E-state index is 12.9. The molecule has 1 aromatic heterocycles. The van der Waals surface area contributed by atoms with Crippen molar-refractivity contribution in [2.45, 2.75) is 13.1 Å². The lowest BCUT2D eigenvalue weighted by atomic mass is 10.2. The smallest absolute Gasteiger partial charge is 0.211 e. The fraction of sp³-hybridized carbons (Fsp3) is 0.214. The first kappa shape index (κ1) is 16.2. The zero-order chi connectivity index (χ0) is 16.2. The van der Waals surface area contributed by atoms with Gasteiger partial charge in [-0.2, -0.15) is 4.31 Å². The van der Waals surface area contributed by atoms with Gasteiger partial charge in [-0.1, -0.05) is 12.1 Å². The molecule has 22 heavy (non-hydrogen) atoms. The van der Waals surface area contributed by atoms with E-state index < -0.39 is 10.0 Å². The lowest BCUT2D eigenvalue weighted by Gasteiger charge is -2.19. The third-order valence-electron chi connectivity index (χ3n) is 2.92. The lowest BCUT2D eigenvalue weighted by Crippen LogP contribution is -2.29. The highest BCUT2D eigenvalue weighted by Gasteiger charge is 2.19. The van der Waals surface area contributed by atoms with Crippen LogP contribution in [-0.2, 0) is 23.1 Å². The van der Waals surface area contributed by atoms with E-state index in [0.717, 1.165) is 6.26 Å². The van der Waals surface area contributed by atoms with Crippen LogP contribution in [0.5, 0.6) is 0 Å². The summed E-state index contributed by atoms with van der Waals surface area (Å²) in [7, 11) is -3.50.